The number of nitrogens with one attached hydrogen (secondary N) is 1. The zero-order valence-corrected chi connectivity index (χ0v) is 13.4. The Hall–Kier alpha value is -3.28. The summed E-state index contributed by atoms with van der Waals surface area (Å²) >= 11 is 0. The highest BCUT2D eigenvalue weighted by molar-refractivity contribution is 6.24. The molecule has 0 fully saturated rings. The van der Waals surface area contributed by atoms with Gasteiger partial charge in [-0.2, -0.15) is 0 Å². The predicted molar refractivity (Wildman–Crippen MR) is 92.7 cm³/mol. The maximum Gasteiger partial charge on any atom is 0.249 e. The Labute approximate surface area is 138 Å². The van der Waals surface area contributed by atoms with Crippen LogP contribution in [0.3, 0.4) is 0 Å². The van der Waals surface area contributed by atoms with Crippen molar-refractivity contribution in [3.63, 3.8) is 0 Å². The van der Waals surface area contributed by atoms with Crippen molar-refractivity contribution in [2.24, 2.45) is 5.73 Å². The molecular formula is C18H17N3O3. The van der Waals surface area contributed by atoms with E-state index in [4.69, 9.17) is 15.2 Å². The number of hydrogen-bond donors (Lipinski definition) is 2. The SMILES string of the molecule is COc1cc(OC)cc(/C(=C/c2c[nH]c3ncccc23)C(N)=O)c1. The van der Waals surface area contributed by atoms with Gasteiger partial charge in [0.1, 0.15) is 17.1 Å². The summed E-state index contributed by atoms with van der Waals surface area (Å²) in [4.78, 5) is 19.3. The summed E-state index contributed by atoms with van der Waals surface area (Å²) in [5.41, 5.74) is 8.15. The molecule has 0 aliphatic rings. The van der Waals surface area contributed by atoms with Gasteiger partial charge in [0.05, 0.1) is 14.2 Å². The molecule has 0 unspecified atom stereocenters. The third kappa shape index (κ3) is 2.94. The largest absolute Gasteiger partial charge is 0.497 e. The number of carbonyl (C=O) groups is 1. The van der Waals surface area contributed by atoms with Crippen LogP contribution in [-0.2, 0) is 4.79 Å². The van der Waals surface area contributed by atoms with E-state index in [0.717, 1.165) is 16.6 Å². The average molecular weight is 323 g/mol. The molecular weight excluding hydrogens is 306 g/mol. The van der Waals surface area contributed by atoms with E-state index < -0.39 is 5.91 Å². The number of aromatic nitrogens is 2. The number of benzene rings is 1. The quantitative estimate of drug-likeness (QED) is 0.706. The van der Waals surface area contributed by atoms with Crippen molar-refractivity contribution in [1.82, 2.24) is 9.97 Å². The van der Waals surface area contributed by atoms with Crippen molar-refractivity contribution in [3.05, 3.63) is 53.9 Å². The van der Waals surface area contributed by atoms with Gasteiger partial charge in [-0.1, -0.05) is 0 Å². The van der Waals surface area contributed by atoms with Crippen molar-refractivity contribution in [2.45, 2.75) is 0 Å². The normalized spacial score (nSPS) is 11.5. The molecule has 0 bridgehead atoms. The van der Waals surface area contributed by atoms with Crippen LogP contribution >= 0.6 is 0 Å². The number of ether oxygens (including phenoxy) is 2. The molecule has 0 saturated heterocycles. The number of primary amides is 1. The van der Waals surface area contributed by atoms with Gasteiger partial charge in [0.25, 0.3) is 0 Å². The zero-order chi connectivity index (χ0) is 17.1. The Bertz CT molecular complexity index is 906. The van der Waals surface area contributed by atoms with Crippen molar-refractivity contribution in [2.75, 3.05) is 14.2 Å². The first kappa shape index (κ1) is 15.6. The predicted octanol–water partition coefficient (Wildman–Crippen LogP) is 2.61. The number of fused-ring (bicyclic) bond motifs is 1. The molecule has 122 valence electrons. The number of amides is 1. The standard InChI is InChI=1S/C18H17N3O3/c1-23-13-6-11(7-14(9-13)24-2)16(17(19)22)8-12-10-21-18-15(12)4-3-5-20-18/h3-10H,1-2H3,(H2,19,22)(H,20,21)/b16-8-. The second-order valence-electron chi connectivity index (χ2n) is 5.17. The van der Waals surface area contributed by atoms with E-state index in [1.165, 1.54) is 0 Å². The van der Waals surface area contributed by atoms with Crippen molar-refractivity contribution in [1.29, 1.82) is 0 Å². The molecule has 0 spiro atoms. The summed E-state index contributed by atoms with van der Waals surface area (Å²) in [6.07, 6.45) is 5.23. The molecule has 0 atom stereocenters. The van der Waals surface area contributed by atoms with E-state index in [-0.39, 0.29) is 0 Å². The molecule has 2 heterocycles. The second-order valence-corrected chi connectivity index (χ2v) is 5.17. The average Bonchev–Trinajstić information content (AvgIpc) is 3.01. The van der Waals surface area contributed by atoms with Crippen molar-refractivity contribution in [3.8, 4) is 11.5 Å². The van der Waals surface area contributed by atoms with E-state index in [2.05, 4.69) is 9.97 Å². The van der Waals surface area contributed by atoms with E-state index in [1.807, 2.05) is 12.1 Å². The summed E-state index contributed by atoms with van der Waals surface area (Å²) in [6, 6.07) is 8.98. The lowest BCUT2D eigenvalue weighted by molar-refractivity contribution is -0.112. The highest BCUT2D eigenvalue weighted by atomic mass is 16.5. The molecule has 0 aliphatic heterocycles. The molecule has 1 amide bonds. The van der Waals surface area contributed by atoms with Crippen LogP contribution in [0.4, 0.5) is 0 Å². The molecule has 3 aromatic rings. The first-order valence-electron chi connectivity index (χ1n) is 7.29. The van der Waals surface area contributed by atoms with Crippen molar-refractivity contribution >= 4 is 28.6 Å². The summed E-state index contributed by atoms with van der Waals surface area (Å²) in [7, 11) is 3.11. The number of H-pyrrole nitrogens is 1. The van der Waals surface area contributed by atoms with Gasteiger partial charge < -0.3 is 20.2 Å². The fraction of sp³-hybridized carbons (Fsp3) is 0.111. The lowest BCUT2D eigenvalue weighted by atomic mass is 10.0. The fourth-order valence-electron chi connectivity index (χ4n) is 2.51. The van der Waals surface area contributed by atoms with Crippen molar-refractivity contribution < 1.29 is 14.3 Å². The van der Waals surface area contributed by atoms with E-state index >= 15 is 0 Å². The number of carbonyl (C=O) groups excluding carboxylic acids is 1. The van der Waals surface area contributed by atoms with Crippen LogP contribution in [-0.4, -0.2) is 30.1 Å². The molecule has 3 N–H and O–H groups in total. The van der Waals surface area contributed by atoms with Gasteiger partial charge in [0, 0.05) is 35.0 Å². The number of nitrogens with two attached hydrogens (primary N) is 1. The molecule has 24 heavy (non-hydrogen) atoms. The molecule has 2 aromatic heterocycles. The first-order valence-corrected chi connectivity index (χ1v) is 7.29. The Kier molecular flexibility index (Phi) is 4.20. The minimum atomic E-state index is -0.538. The summed E-state index contributed by atoms with van der Waals surface area (Å²) in [6.45, 7) is 0. The van der Waals surface area contributed by atoms with Gasteiger partial charge in [-0.05, 0) is 35.9 Å². The zero-order valence-electron chi connectivity index (χ0n) is 13.4. The number of rotatable bonds is 5. The smallest absolute Gasteiger partial charge is 0.249 e. The lowest BCUT2D eigenvalue weighted by Crippen LogP contribution is -2.13. The summed E-state index contributed by atoms with van der Waals surface area (Å²) in [5.74, 6) is 0.623. The monoisotopic (exact) mass is 323 g/mol. The molecule has 0 saturated carbocycles. The Morgan fingerprint density at radius 3 is 2.54 bits per heavy atom. The second kappa shape index (κ2) is 6.45. The number of hydrogen-bond acceptors (Lipinski definition) is 4. The van der Waals surface area contributed by atoms with Gasteiger partial charge in [0.15, 0.2) is 0 Å². The third-order valence-electron chi connectivity index (χ3n) is 3.71. The van der Waals surface area contributed by atoms with Gasteiger partial charge in [-0.25, -0.2) is 4.98 Å². The first-order chi connectivity index (χ1) is 11.6. The van der Waals surface area contributed by atoms with E-state index in [1.54, 1.807) is 50.9 Å². The van der Waals surface area contributed by atoms with Gasteiger partial charge in [0.2, 0.25) is 5.91 Å². The molecule has 0 radical (unpaired) electrons. The maximum atomic E-state index is 12.0. The highest BCUT2D eigenvalue weighted by Crippen LogP contribution is 2.29. The van der Waals surface area contributed by atoms with E-state index in [9.17, 15) is 4.79 Å². The van der Waals surface area contributed by atoms with Crippen LogP contribution in [0.15, 0.2) is 42.7 Å². The van der Waals surface area contributed by atoms with Crippen LogP contribution in [0.1, 0.15) is 11.1 Å². The number of aromatic amines is 1. The molecule has 6 heteroatoms. The topological polar surface area (TPSA) is 90.2 Å². The molecule has 0 aliphatic carbocycles. The van der Waals surface area contributed by atoms with Gasteiger partial charge >= 0.3 is 0 Å². The third-order valence-corrected chi connectivity index (χ3v) is 3.71. The van der Waals surface area contributed by atoms with Crippen LogP contribution in [0, 0.1) is 0 Å². The Morgan fingerprint density at radius 2 is 1.92 bits per heavy atom. The Balaban J connectivity index is 2.15. The number of pyridine rings is 1. The minimum absolute atomic E-state index is 0.358. The van der Waals surface area contributed by atoms with Crippen LogP contribution < -0.4 is 15.2 Å². The van der Waals surface area contributed by atoms with Gasteiger partial charge in [-0.3, -0.25) is 4.79 Å². The Morgan fingerprint density at radius 1 is 1.21 bits per heavy atom. The van der Waals surface area contributed by atoms with Crippen LogP contribution in [0.5, 0.6) is 11.5 Å². The van der Waals surface area contributed by atoms with E-state index in [0.29, 0.717) is 22.6 Å². The summed E-state index contributed by atoms with van der Waals surface area (Å²) in [5, 5.41) is 0.908. The fourth-order valence-corrected chi connectivity index (χ4v) is 2.51. The number of methoxy groups -OCH3 is 2. The summed E-state index contributed by atoms with van der Waals surface area (Å²) < 4.78 is 10.5. The highest BCUT2D eigenvalue weighted by Gasteiger charge is 2.13. The minimum Gasteiger partial charge on any atom is -0.497 e. The lowest BCUT2D eigenvalue weighted by Gasteiger charge is -2.09. The maximum absolute atomic E-state index is 12.0. The molecule has 1 aromatic carbocycles. The molecule has 6 nitrogen and oxygen atoms in total. The van der Waals surface area contributed by atoms with Crippen LogP contribution in [0.2, 0.25) is 0 Å². The number of nitrogens with zero attached hydrogens (tertiary/aromatic N) is 1. The van der Waals surface area contributed by atoms with Crippen LogP contribution in [0.25, 0.3) is 22.7 Å². The van der Waals surface area contributed by atoms with Gasteiger partial charge in [-0.15, -0.1) is 0 Å². The molecule has 3 rings (SSSR count).